The van der Waals surface area contributed by atoms with Crippen molar-refractivity contribution >= 4 is 46.6 Å². The molecule has 0 saturated heterocycles. The Morgan fingerprint density at radius 1 is 1.29 bits per heavy atom. The maximum Gasteiger partial charge on any atom is 0.323 e. The average molecular weight is 322 g/mol. The van der Waals surface area contributed by atoms with Crippen LogP contribution < -0.4 is 4.90 Å². The molecule has 1 heterocycles. The lowest BCUT2D eigenvalue weighted by Crippen LogP contribution is -2.34. The Bertz CT molecular complexity index is 667. The summed E-state index contributed by atoms with van der Waals surface area (Å²) in [5, 5.41) is 11.3. The maximum atomic E-state index is 12.2. The van der Waals surface area contributed by atoms with Gasteiger partial charge in [0.1, 0.15) is 6.54 Å². The van der Waals surface area contributed by atoms with E-state index in [0.29, 0.717) is 10.7 Å². The van der Waals surface area contributed by atoms with E-state index in [1.807, 2.05) is 17.5 Å². The molecule has 1 N–H and O–H groups in total. The standard InChI is InChI=1S/C15H12ClNO3S/c16-11-3-1-4-12(9-11)17(10-15(19)20)14(18)7-6-13-5-2-8-21-13/h1-9H,10H2,(H,19,20)/b7-6+. The van der Waals surface area contributed by atoms with Crippen molar-refractivity contribution in [2.75, 3.05) is 11.4 Å². The fraction of sp³-hybridized carbons (Fsp3) is 0.0667. The van der Waals surface area contributed by atoms with Crippen LogP contribution >= 0.6 is 22.9 Å². The van der Waals surface area contributed by atoms with Gasteiger partial charge in [-0.15, -0.1) is 11.3 Å². The smallest absolute Gasteiger partial charge is 0.323 e. The fourth-order valence-corrected chi connectivity index (χ4v) is 2.51. The molecular weight excluding hydrogens is 310 g/mol. The summed E-state index contributed by atoms with van der Waals surface area (Å²) in [6, 6.07) is 10.3. The zero-order valence-corrected chi connectivity index (χ0v) is 12.5. The fourth-order valence-electron chi connectivity index (χ4n) is 1.71. The summed E-state index contributed by atoms with van der Waals surface area (Å²) in [7, 11) is 0. The molecule has 6 heteroatoms. The lowest BCUT2D eigenvalue weighted by Gasteiger charge is -2.19. The Hall–Kier alpha value is -2.11. The Kier molecular flexibility index (Phi) is 5.14. The average Bonchev–Trinajstić information content (AvgIpc) is 2.95. The van der Waals surface area contributed by atoms with Crippen molar-refractivity contribution < 1.29 is 14.7 Å². The second-order valence-electron chi connectivity index (χ2n) is 4.15. The molecule has 0 atom stereocenters. The zero-order valence-electron chi connectivity index (χ0n) is 10.9. The van der Waals surface area contributed by atoms with Gasteiger partial charge in [-0.25, -0.2) is 0 Å². The number of aliphatic carboxylic acids is 1. The van der Waals surface area contributed by atoms with Crippen LogP contribution in [-0.4, -0.2) is 23.5 Å². The summed E-state index contributed by atoms with van der Waals surface area (Å²) in [4.78, 5) is 25.3. The highest BCUT2D eigenvalue weighted by atomic mass is 35.5. The van der Waals surface area contributed by atoms with E-state index in [-0.39, 0.29) is 0 Å². The van der Waals surface area contributed by atoms with Crippen molar-refractivity contribution in [2.24, 2.45) is 0 Å². The molecule has 108 valence electrons. The molecule has 1 aromatic carbocycles. The molecule has 4 nitrogen and oxygen atoms in total. The third-order valence-corrected chi connectivity index (χ3v) is 3.69. The lowest BCUT2D eigenvalue weighted by atomic mass is 10.2. The molecule has 1 aromatic heterocycles. The largest absolute Gasteiger partial charge is 0.480 e. The van der Waals surface area contributed by atoms with Gasteiger partial charge >= 0.3 is 5.97 Å². The van der Waals surface area contributed by atoms with Crippen LogP contribution in [0, 0.1) is 0 Å². The van der Waals surface area contributed by atoms with Crippen LogP contribution in [0.15, 0.2) is 47.9 Å². The van der Waals surface area contributed by atoms with Gasteiger partial charge in [0.15, 0.2) is 0 Å². The number of carboxylic acid groups (broad SMARTS) is 1. The number of anilines is 1. The van der Waals surface area contributed by atoms with Crippen LogP contribution in [0.25, 0.3) is 6.08 Å². The normalized spacial score (nSPS) is 10.7. The highest BCUT2D eigenvalue weighted by Crippen LogP contribution is 2.20. The first-order chi connectivity index (χ1) is 10.1. The topological polar surface area (TPSA) is 57.6 Å². The van der Waals surface area contributed by atoms with E-state index in [9.17, 15) is 9.59 Å². The van der Waals surface area contributed by atoms with E-state index in [2.05, 4.69) is 0 Å². The molecule has 2 rings (SSSR count). The number of hydrogen-bond acceptors (Lipinski definition) is 3. The molecule has 21 heavy (non-hydrogen) atoms. The predicted molar refractivity (Wildman–Crippen MR) is 84.8 cm³/mol. The number of benzene rings is 1. The molecule has 0 radical (unpaired) electrons. The molecule has 1 amide bonds. The van der Waals surface area contributed by atoms with Gasteiger partial charge in [-0.1, -0.05) is 23.7 Å². The molecule has 0 aliphatic heterocycles. The van der Waals surface area contributed by atoms with E-state index in [4.69, 9.17) is 16.7 Å². The minimum atomic E-state index is -1.09. The Morgan fingerprint density at radius 2 is 2.10 bits per heavy atom. The highest BCUT2D eigenvalue weighted by Gasteiger charge is 2.16. The van der Waals surface area contributed by atoms with Gasteiger partial charge in [0.25, 0.3) is 5.91 Å². The van der Waals surface area contributed by atoms with Crippen LogP contribution in [0.4, 0.5) is 5.69 Å². The molecule has 2 aromatic rings. The van der Waals surface area contributed by atoms with Gasteiger partial charge in [-0.3, -0.25) is 14.5 Å². The molecule has 0 fully saturated rings. The Labute approximate surface area is 130 Å². The van der Waals surface area contributed by atoms with Crippen molar-refractivity contribution in [3.8, 4) is 0 Å². The molecule has 0 unspecified atom stereocenters. The van der Waals surface area contributed by atoms with Crippen molar-refractivity contribution in [1.29, 1.82) is 0 Å². The van der Waals surface area contributed by atoms with E-state index >= 15 is 0 Å². The quantitative estimate of drug-likeness (QED) is 0.857. The van der Waals surface area contributed by atoms with Crippen molar-refractivity contribution in [1.82, 2.24) is 0 Å². The zero-order chi connectivity index (χ0) is 15.2. The van der Waals surface area contributed by atoms with E-state index in [1.54, 1.807) is 30.3 Å². The summed E-state index contributed by atoms with van der Waals surface area (Å²) in [5.41, 5.74) is 0.450. The van der Waals surface area contributed by atoms with Gasteiger partial charge in [0.05, 0.1) is 0 Å². The van der Waals surface area contributed by atoms with Crippen molar-refractivity contribution in [2.45, 2.75) is 0 Å². The van der Waals surface area contributed by atoms with Crippen LogP contribution in [0.5, 0.6) is 0 Å². The van der Waals surface area contributed by atoms with Crippen LogP contribution in [-0.2, 0) is 9.59 Å². The molecule has 0 saturated carbocycles. The Balaban J connectivity index is 2.23. The number of halogens is 1. The first kappa shape index (κ1) is 15.3. The first-order valence-electron chi connectivity index (χ1n) is 6.07. The van der Waals surface area contributed by atoms with Gasteiger partial charge in [0.2, 0.25) is 0 Å². The van der Waals surface area contributed by atoms with E-state index < -0.39 is 18.4 Å². The number of thiophene rings is 1. The number of carbonyl (C=O) groups excluding carboxylic acids is 1. The molecule has 0 aliphatic rings. The van der Waals surface area contributed by atoms with Crippen LogP contribution in [0.1, 0.15) is 4.88 Å². The second kappa shape index (κ2) is 7.06. The van der Waals surface area contributed by atoms with Crippen LogP contribution in [0.3, 0.4) is 0 Å². The van der Waals surface area contributed by atoms with Gasteiger partial charge in [-0.05, 0) is 35.7 Å². The Morgan fingerprint density at radius 3 is 2.71 bits per heavy atom. The first-order valence-corrected chi connectivity index (χ1v) is 7.32. The highest BCUT2D eigenvalue weighted by molar-refractivity contribution is 7.10. The number of hydrogen-bond donors (Lipinski definition) is 1. The lowest BCUT2D eigenvalue weighted by molar-refractivity contribution is -0.136. The molecule has 0 spiro atoms. The predicted octanol–water partition coefficient (Wildman–Crippen LogP) is 3.53. The van der Waals surface area contributed by atoms with Crippen LogP contribution in [0.2, 0.25) is 5.02 Å². The monoisotopic (exact) mass is 321 g/mol. The minimum Gasteiger partial charge on any atom is -0.480 e. The summed E-state index contributed by atoms with van der Waals surface area (Å²) >= 11 is 7.38. The molecule has 0 bridgehead atoms. The van der Waals surface area contributed by atoms with Gasteiger partial charge in [-0.2, -0.15) is 0 Å². The SMILES string of the molecule is O=C(O)CN(C(=O)/C=C/c1cccs1)c1cccc(Cl)c1. The van der Waals surface area contributed by atoms with Gasteiger partial charge in [0, 0.05) is 21.7 Å². The number of carboxylic acids is 1. The summed E-state index contributed by atoms with van der Waals surface area (Å²) in [6.45, 7) is -0.423. The summed E-state index contributed by atoms with van der Waals surface area (Å²) in [5.74, 6) is -1.50. The van der Waals surface area contributed by atoms with Crippen molar-refractivity contribution in [3.05, 3.63) is 57.8 Å². The third kappa shape index (κ3) is 4.44. The number of rotatable bonds is 5. The summed E-state index contributed by atoms with van der Waals surface area (Å²) in [6.07, 6.45) is 3.02. The van der Waals surface area contributed by atoms with E-state index in [1.165, 1.54) is 17.4 Å². The van der Waals surface area contributed by atoms with Crippen molar-refractivity contribution in [3.63, 3.8) is 0 Å². The van der Waals surface area contributed by atoms with Gasteiger partial charge < -0.3 is 5.11 Å². The number of nitrogens with zero attached hydrogens (tertiary/aromatic N) is 1. The number of amides is 1. The maximum absolute atomic E-state index is 12.2. The molecule has 0 aliphatic carbocycles. The van der Waals surface area contributed by atoms with E-state index in [0.717, 1.165) is 9.78 Å². The number of carbonyl (C=O) groups is 2. The minimum absolute atomic E-state index is 0.409. The summed E-state index contributed by atoms with van der Waals surface area (Å²) < 4.78 is 0. The second-order valence-corrected chi connectivity index (χ2v) is 5.56. The molecular formula is C15H12ClNO3S. The third-order valence-electron chi connectivity index (χ3n) is 2.61.